The van der Waals surface area contributed by atoms with Crippen LogP contribution in [0.5, 0.6) is 11.6 Å². The van der Waals surface area contributed by atoms with Gasteiger partial charge in [0, 0.05) is 11.6 Å². The van der Waals surface area contributed by atoms with E-state index in [1.807, 2.05) is 0 Å². The number of benzene rings is 1. The topological polar surface area (TPSA) is 35.0 Å². The maximum absolute atomic E-state index is 6.03. The highest BCUT2D eigenvalue weighted by Crippen LogP contribution is 2.48. The van der Waals surface area contributed by atoms with Crippen molar-refractivity contribution in [3.8, 4) is 11.6 Å². The van der Waals surface area contributed by atoms with E-state index < -0.39 is 0 Å². The summed E-state index contributed by atoms with van der Waals surface area (Å²) in [4.78, 5) is 0. The number of rotatable bonds is 3. The highest BCUT2D eigenvalue weighted by Gasteiger charge is 2.30. The Morgan fingerprint density at radius 1 is 1.10 bits per heavy atom. The number of aromatic nitrogens is 2. The van der Waals surface area contributed by atoms with Crippen molar-refractivity contribution in [3.05, 3.63) is 45.6 Å². The molecule has 0 saturated heterocycles. The molecule has 0 atom stereocenters. The van der Waals surface area contributed by atoms with Gasteiger partial charge in [0.25, 0.3) is 0 Å². The van der Waals surface area contributed by atoms with Crippen LogP contribution in [0.3, 0.4) is 0 Å². The fourth-order valence-electron chi connectivity index (χ4n) is 2.54. The third-order valence-electron chi connectivity index (χ3n) is 3.83. The smallest absolute Gasteiger partial charge is 0.238 e. The van der Waals surface area contributed by atoms with E-state index in [1.165, 1.54) is 35.1 Å². The van der Waals surface area contributed by atoms with E-state index in [4.69, 9.17) is 16.3 Å². The largest absolute Gasteiger partial charge is 0.437 e. The third kappa shape index (κ3) is 2.50. The van der Waals surface area contributed by atoms with Gasteiger partial charge >= 0.3 is 0 Å². The first-order valence-electron chi connectivity index (χ1n) is 6.84. The summed E-state index contributed by atoms with van der Waals surface area (Å²) >= 11 is 5.76. The minimum atomic E-state index is 0.372. The molecule has 1 fully saturated rings. The van der Waals surface area contributed by atoms with Crippen LogP contribution in [-0.4, -0.2) is 10.2 Å². The van der Waals surface area contributed by atoms with E-state index in [-0.39, 0.29) is 0 Å². The molecule has 3 rings (SSSR count). The molecule has 0 spiro atoms. The third-order valence-corrected chi connectivity index (χ3v) is 4.04. The molecule has 104 valence electrons. The van der Waals surface area contributed by atoms with Crippen LogP contribution in [0.4, 0.5) is 0 Å². The molecule has 1 aliphatic carbocycles. The van der Waals surface area contributed by atoms with Crippen molar-refractivity contribution >= 4 is 11.6 Å². The highest BCUT2D eigenvalue weighted by molar-refractivity contribution is 6.29. The van der Waals surface area contributed by atoms with Crippen LogP contribution in [0.25, 0.3) is 0 Å². The van der Waals surface area contributed by atoms with Crippen molar-refractivity contribution in [1.82, 2.24) is 10.2 Å². The van der Waals surface area contributed by atoms with Crippen LogP contribution in [0.1, 0.15) is 41.0 Å². The van der Waals surface area contributed by atoms with E-state index in [0.29, 0.717) is 17.0 Å². The van der Waals surface area contributed by atoms with Gasteiger partial charge in [-0.25, -0.2) is 0 Å². The van der Waals surface area contributed by atoms with Crippen molar-refractivity contribution < 1.29 is 4.74 Å². The molecule has 1 aromatic carbocycles. The first-order chi connectivity index (χ1) is 9.56. The molecule has 20 heavy (non-hydrogen) atoms. The first-order valence-corrected chi connectivity index (χ1v) is 7.22. The number of aryl methyl sites for hydroxylation is 2. The number of nitrogens with zero attached hydrogens (tertiary/aromatic N) is 2. The van der Waals surface area contributed by atoms with Gasteiger partial charge in [-0.05, 0) is 62.3 Å². The SMILES string of the molecule is Cc1cc(C)c(C2CC2)c(Oc2ccc(Cl)nn2)c1C. The molecule has 1 aromatic heterocycles. The van der Waals surface area contributed by atoms with Crippen molar-refractivity contribution in [2.75, 3.05) is 0 Å². The summed E-state index contributed by atoms with van der Waals surface area (Å²) in [6, 6.07) is 5.69. The fraction of sp³-hybridized carbons (Fsp3) is 0.375. The number of hydrogen-bond donors (Lipinski definition) is 0. The van der Waals surface area contributed by atoms with Crippen LogP contribution in [0.15, 0.2) is 18.2 Å². The predicted molar refractivity (Wildman–Crippen MR) is 79.7 cm³/mol. The summed E-state index contributed by atoms with van der Waals surface area (Å²) in [5.41, 5.74) is 5.04. The second-order valence-corrected chi connectivity index (χ2v) is 5.84. The summed E-state index contributed by atoms with van der Waals surface area (Å²) in [6.45, 7) is 6.36. The van der Waals surface area contributed by atoms with Gasteiger partial charge in [-0.2, -0.15) is 0 Å². The van der Waals surface area contributed by atoms with Gasteiger partial charge in [0.15, 0.2) is 5.15 Å². The Kier molecular flexibility index (Phi) is 3.38. The van der Waals surface area contributed by atoms with E-state index in [2.05, 4.69) is 37.0 Å². The lowest BCUT2D eigenvalue weighted by Gasteiger charge is -2.17. The minimum Gasteiger partial charge on any atom is -0.437 e. The molecule has 1 heterocycles. The summed E-state index contributed by atoms with van der Waals surface area (Å²) in [5.74, 6) is 2.07. The summed E-state index contributed by atoms with van der Waals surface area (Å²) in [5, 5.41) is 8.19. The zero-order valence-electron chi connectivity index (χ0n) is 11.9. The molecule has 0 unspecified atom stereocenters. The standard InChI is InChI=1S/C16H17ClN2O/c1-9-8-10(2)15(12-4-5-12)16(11(9)3)20-14-7-6-13(17)18-19-14/h6-8,12H,4-5H2,1-3H3. The summed E-state index contributed by atoms with van der Waals surface area (Å²) < 4.78 is 6.03. The molecule has 4 heteroatoms. The molecule has 2 aromatic rings. The number of halogens is 1. The van der Waals surface area contributed by atoms with Crippen LogP contribution >= 0.6 is 11.6 Å². The van der Waals surface area contributed by atoms with Crippen molar-refractivity contribution in [3.63, 3.8) is 0 Å². The highest BCUT2D eigenvalue weighted by atomic mass is 35.5. The predicted octanol–water partition coefficient (Wildman–Crippen LogP) is 4.72. The van der Waals surface area contributed by atoms with Gasteiger partial charge in [-0.1, -0.05) is 17.7 Å². The molecule has 3 nitrogen and oxygen atoms in total. The van der Waals surface area contributed by atoms with Gasteiger partial charge < -0.3 is 4.74 Å². The lowest BCUT2D eigenvalue weighted by atomic mass is 9.96. The number of hydrogen-bond acceptors (Lipinski definition) is 3. The summed E-state index contributed by atoms with van der Waals surface area (Å²) in [7, 11) is 0. The Hall–Kier alpha value is -1.61. The average molecular weight is 289 g/mol. The monoisotopic (exact) mass is 288 g/mol. The molecule has 0 aliphatic heterocycles. The Balaban J connectivity index is 2.05. The fourth-order valence-corrected chi connectivity index (χ4v) is 2.65. The van der Waals surface area contributed by atoms with Crippen molar-refractivity contribution in [1.29, 1.82) is 0 Å². The van der Waals surface area contributed by atoms with Gasteiger partial charge in [0.2, 0.25) is 5.88 Å². The quantitative estimate of drug-likeness (QED) is 0.819. The van der Waals surface area contributed by atoms with E-state index in [9.17, 15) is 0 Å². The normalized spacial score (nSPS) is 14.4. The van der Waals surface area contributed by atoms with Crippen LogP contribution in [0, 0.1) is 20.8 Å². The van der Waals surface area contributed by atoms with Crippen LogP contribution < -0.4 is 4.74 Å². The molecule has 0 N–H and O–H groups in total. The Morgan fingerprint density at radius 2 is 1.85 bits per heavy atom. The molecular formula is C16H17ClN2O. The molecular weight excluding hydrogens is 272 g/mol. The summed E-state index contributed by atoms with van der Waals surface area (Å²) in [6.07, 6.45) is 2.48. The van der Waals surface area contributed by atoms with E-state index in [0.717, 1.165) is 5.75 Å². The Morgan fingerprint density at radius 3 is 2.45 bits per heavy atom. The van der Waals surface area contributed by atoms with Gasteiger partial charge in [-0.15, -0.1) is 10.2 Å². The molecule has 0 radical (unpaired) electrons. The number of ether oxygens (including phenoxy) is 1. The first kappa shape index (κ1) is 13.4. The Labute approximate surface area is 123 Å². The maximum atomic E-state index is 6.03. The molecule has 1 saturated carbocycles. The average Bonchev–Trinajstić information content (AvgIpc) is 3.22. The Bertz CT molecular complexity index is 649. The van der Waals surface area contributed by atoms with Crippen molar-refractivity contribution in [2.45, 2.75) is 39.5 Å². The van der Waals surface area contributed by atoms with Crippen LogP contribution in [-0.2, 0) is 0 Å². The lowest BCUT2D eigenvalue weighted by Crippen LogP contribution is -2.00. The van der Waals surface area contributed by atoms with E-state index >= 15 is 0 Å². The van der Waals surface area contributed by atoms with E-state index in [1.54, 1.807) is 12.1 Å². The second-order valence-electron chi connectivity index (χ2n) is 5.45. The zero-order chi connectivity index (χ0) is 14.3. The molecule has 0 bridgehead atoms. The molecule has 0 amide bonds. The maximum Gasteiger partial charge on any atom is 0.238 e. The van der Waals surface area contributed by atoms with Gasteiger partial charge in [0.1, 0.15) is 5.75 Å². The van der Waals surface area contributed by atoms with Crippen molar-refractivity contribution in [2.24, 2.45) is 0 Å². The zero-order valence-corrected chi connectivity index (χ0v) is 12.7. The van der Waals surface area contributed by atoms with Crippen LogP contribution in [0.2, 0.25) is 5.15 Å². The van der Waals surface area contributed by atoms with Gasteiger partial charge in [0.05, 0.1) is 0 Å². The second kappa shape index (κ2) is 5.06. The van der Waals surface area contributed by atoms with Gasteiger partial charge in [-0.3, -0.25) is 0 Å². The molecule has 1 aliphatic rings. The minimum absolute atomic E-state index is 0.372. The lowest BCUT2D eigenvalue weighted by molar-refractivity contribution is 0.445.